The summed E-state index contributed by atoms with van der Waals surface area (Å²) in [4.78, 5) is 30.5. The number of nitrogens with one attached hydrogen (secondary N) is 1. The largest absolute Gasteiger partial charge is 0.378 e. The van der Waals surface area contributed by atoms with Crippen LogP contribution in [0.5, 0.6) is 0 Å². The Morgan fingerprint density at radius 3 is 2.53 bits per heavy atom. The molecule has 0 saturated carbocycles. The number of ether oxygens (including phenoxy) is 1. The van der Waals surface area contributed by atoms with E-state index in [0.717, 1.165) is 83.3 Å². The molecule has 1 aromatic heterocycles. The number of carbonyl (C=O) groups excluding carboxylic acids is 2. The molecule has 1 N–H and O–H groups in total. The van der Waals surface area contributed by atoms with Gasteiger partial charge in [0.2, 0.25) is 11.8 Å². The van der Waals surface area contributed by atoms with E-state index >= 15 is 0 Å². The van der Waals surface area contributed by atoms with Crippen LogP contribution in [-0.4, -0.2) is 85.9 Å². The Hall–Kier alpha value is -2.42. The minimum atomic E-state index is -0.0344. The fourth-order valence-corrected chi connectivity index (χ4v) is 4.41. The molecule has 3 aliphatic rings. The van der Waals surface area contributed by atoms with E-state index in [1.165, 1.54) is 0 Å². The Morgan fingerprint density at radius 2 is 1.83 bits per heavy atom. The standard InChI is InChI=1S/C21H32N6O3/c28-20-5-2-9-26(20)11-3-8-22-21(29)17-4-1-10-27(16-17)19-7-6-18(23-24-19)25-12-14-30-15-13-25/h6-7,17H,1-5,8-16H2,(H,22,29). The van der Waals surface area contributed by atoms with Crippen LogP contribution in [0.4, 0.5) is 11.6 Å². The second-order valence-corrected chi connectivity index (χ2v) is 8.26. The van der Waals surface area contributed by atoms with E-state index in [0.29, 0.717) is 19.5 Å². The van der Waals surface area contributed by atoms with Gasteiger partial charge >= 0.3 is 0 Å². The molecule has 1 unspecified atom stereocenters. The number of anilines is 2. The molecular weight excluding hydrogens is 384 g/mol. The lowest BCUT2D eigenvalue weighted by atomic mass is 9.97. The Labute approximate surface area is 177 Å². The van der Waals surface area contributed by atoms with Gasteiger partial charge in [0.1, 0.15) is 0 Å². The van der Waals surface area contributed by atoms with Crippen LogP contribution in [0.3, 0.4) is 0 Å². The minimum absolute atomic E-state index is 0.0344. The molecular formula is C21H32N6O3. The van der Waals surface area contributed by atoms with Gasteiger partial charge in [-0.15, -0.1) is 10.2 Å². The van der Waals surface area contributed by atoms with Crippen LogP contribution in [0.1, 0.15) is 32.1 Å². The molecule has 3 aliphatic heterocycles. The summed E-state index contributed by atoms with van der Waals surface area (Å²) in [5.74, 6) is 2.02. The first-order valence-corrected chi connectivity index (χ1v) is 11.2. The van der Waals surface area contributed by atoms with E-state index in [9.17, 15) is 9.59 Å². The van der Waals surface area contributed by atoms with Crippen molar-refractivity contribution >= 4 is 23.5 Å². The summed E-state index contributed by atoms with van der Waals surface area (Å²) >= 11 is 0. The predicted molar refractivity (Wildman–Crippen MR) is 113 cm³/mol. The summed E-state index contributed by atoms with van der Waals surface area (Å²) in [5.41, 5.74) is 0. The maximum Gasteiger partial charge on any atom is 0.224 e. The molecule has 9 heteroatoms. The second-order valence-electron chi connectivity index (χ2n) is 8.26. The molecule has 1 aromatic rings. The summed E-state index contributed by atoms with van der Waals surface area (Å²) in [6, 6.07) is 4.02. The van der Waals surface area contributed by atoms with Crippen molar-refractivity contribution in [1.29, 1.82) is 0 Å². The van der Waals surface area contributed by atoms with Crippen molar-refractivity contribution in [2.45, 2.75) is 32.1 Å². The van der Waals surface area contributed by atoms with Crippen LogP contribution in [-0.2, 0) is 14.3 Å². The van der Waals surface area contributed by atoms with Crippen LogP contribution >= 0.6 is 0 Å². The zero-order valence-corrected chi connectivity index (χ0v) is 17.6. The highest BCUT2D eigenvalue weighted by Crippen LogP contribution is 2.23. The van der Waals surface area contributed by atoms with Gasteiger partial charge in [0.25, 0.3) is 0 Å². The maximum atomic E-state index is 12.6. The topological polar surface area (TPSA) is 90.9 Å². The first-order chi connectivity index (χ1) is 14.7. The first-order valence-electron chi connectivity index (χ1n) is 11.2. The Bertz CT molecular complexity index is 722. The van der Waals surface area contributed by atoms with Gasteiger partial charge in [-0.1, -0.05) is 0 Å². The van der Waals surface area contributed by atoms with Gasteiger partial charge in [0.05, 0.1) is 19.1 Å². The van der Waals surface area contributed by atoms with Gasteiger partial charge in [-0.3, -0.25) is 9.59 Å². The summed E-state index contributed by atoms with van der Waals surface area (Å²) in [6.45, 7) is 6.90. The zero-order valence-electron chi connectivity index (χ0n) is 17.6. The molecule has 0 radical (unpaired) electrons. The number of piperidine rings is 1. The average Bonchev–Trinajstić information content (AvgIpc) is 3.22. The summed E-state index contributed by atoms with van der Waals surface area (Å²) < 4.78 is 5.39. The number of rotatable bonds is 7. The van der Waals surface area contributed by atoms with Gasteiger partial charge in [-0.05, 0) is 37.8 Å². The molecule has 9 nitrogen and oxygen atoms in total. The van der Waals surface area contributed by atoms with E-state index in [1.54, 1.807) is 0 Å². The van der Waals surface area contributed by atoms with Gasteiger partial charge in [0.15, 0.2) is 11.6 Å². The van der Waals surface area contributed by atoms with Crippen LogP contribution in [0.25, 0.3) is 0 Å². The molecule has 0 bridgehead atoms. The fourth-order valence-electron chi connectivity index (χ4n) is 4.41. The molecule has 164 valence electrons. The molecule has 3 saturated heterocycles. The second kappa shape index (κ2) is 10.1. The van der Waals surface area contributed by atoms with Crippen molar-refractivity contribution in [3.05, 3.63) is 12.1 Å². The highest BCUT2D eigenvalue weighted by molar-refractivity contribution is 5.79. The molecule has 1 atom stereocenters. The molecule has 4 heterocycles. The number of likely N-dealkylation sites (tertiary alicyclic amines) is 1. The van der Waals surface area contributed by atoms with E-state index < -0.39 is 0 Å². The van der Waals surface area contributed by atoms with E-state index in [4.69, 9.17) is 4.74 Å². The van der Waals surface area contributed by atoms with E-state index in [2.05, 4.69) is 25.3 Å². The van der Waals surface area contributed by atoms with Gasteiger partial charge in [-0.25, -0.2) is 0 Å². The Balaban J connectivity index is 1.23. The smallest absolute Gasteiger partial charge is 0.224 e. The van der Waals surface area contributed by atoms with Gasteiger partial charge < -0.3 is 24.8 Å². The summed E-state index contributed by atoms with van der Waals surface area (Å²) in [7, 11) is 0. The lowest BCUT2D eigenvalue weighted by Crippen LogP contribution is -2.44. The Kier molecular flexibility index (Phi) is 6.99. The zero-order chi connectivity index (χ0) is 20.8. The lowest BCUT2D eigenvalue weighted by Gasteiger charge is -2.33. The normalized spacial score (nSPS) is 22.5. The molecule has 3 fully saturated rings. The molecule has 30 heavy (non-hydrogen) atoms. The summed E-state index contributed by atoms with van der Waals surface area (Å²) in [6.07, 6.45) is 4.29. The predicted octanol–water partition coefficient (Wildman–Crippen LogP) is 0.658. The number of hydrogen-bond acceptors (Lipinski definition) is 7. The van der Waals surface area contributed by atoms with Crippen molar-refractivity contribution in [1.82, 2.24) is 20.4 Å². The van der Waals surface area contributed by atoms with E-state index in [-0.39, 0.29) is 17.7 Å². The third-order valence-corrected chi connectivity index (χ3v) is 6.16. The Morgan fingerprint density at radius 1 is 1.07 bits per heavy atom. The molecule has 0 aliphatic carbocycles. The number of nitrogens with zero attached hydrogens (tertiary/aromatic N) is 5. The average molecular weight is 417 g/mol. The number of hydrogen-bond donors (Lipinski definition) is 1. The van der Waals surface area contributed by atoms with Crippen molar-refractivity contribution < 1.29 is 14.3 Å². The van der Waals surface area contributed by atoms with Crippen molar-refractivity contribution in [2.24, 2.45) is 5.92 Å². The number of carbonyl (C=O) groups is 2. The van der Waals surface area contributed by atoms with Crippen molar-refractivity contribution in [3.63, 3.8) is 0 Å². The van der Waals surface area contributed by atoms with Crippen LogP contribution in [0, 0.1) is 5.92 Å². The maximum absolute atomic E-state index is 12.6. The van der Waals surface area contributed by atoms with E-state index in [1.807, 2.05) is 17.0 Å². The van der Waals surface area contributed by atoms with Gasteiger partial charge in [0, 0.05) is 52.2 Å². The van der Waals surface area contributed by atoms with Crippen LogP contribution in [0.2, 0.25) is 0 Å². The summed E-state index contributed by atoms with van der Waals surface area (Å²) in [5, 5.41) is 11.9. The monoisotopic (exact) mass is 416 g/mol. The lowest BCUT2D eigenvalue weighted by molar-refractivity contribution is -0.127. The number of amides is 2. The number of morpholine rings is 1. The third kappa shape index (κ3) is 5.19. The van der Waals surface area contributed by atoms with Crippen LogP contribution < -0.4 is 15.1 Å². The van der Waals surface area contributed by atoms with Crippen LogP contribution in [0.15, 0.2) is 12.1 Å². The van der Waals surface area contributed by atoms with Crippen molar-refractivity contribution in [2.75, 3.05) is 68.8 Å². The fraction of sp³-hybridized carbons (Fsp3) is 0.714. The first kappa shape index (κ1) is 20.8. The highest BCUT2D eigenvalue weighted by atomic mass is 16.5. The quantitative estimate of drug-likeness (QED) is 0.653. The number of aromatic nitrogens is 2. The minimum Gasteiger partial charge on any atom is -0.378 e. The molecule has 4 rings (SSSR count). The molecule has 0 aromatic carbocycles. The molecule has 0 spiro atoms. The molecule has 2 amide bonds. The SMILES string of the molecule is O=C(NCCCN1CCCC1=O)C1CCCN(c2ccc(N3CCOCC3)nn2)C1. The highest BCUT2D eigenvalue weighted by Gasteiger charge is 2.27. The third-order valence-electron chi connectivity index (χ3n) is 6.16. The van der Waals surface area contributed by atoms with Gasteiger partial charge in [-0.2, -0.15) is 0 Å². The van der Waals surface area contributed by atoms with Crippen molar-refractivity contribution in [3.8, 4) is 0 Å².